The Balaban J connectivity index is 1.25. The van der Waals surface area contributed by atoms with Crippen LogP contribution in [0.25, 0.3) is 0 Å². The van der Waals surface area contributed by atoms with E-state index in [0.717, 1.165) is 24.0 Å². The van der Waals surface area contributed by atoms with Crippen LogP contribution in [-0.4, -0.2) is 101 Å². The Hall–Kier alpha value is -3.89. The van der Waals surface area contributed by atoms with Gasteiger partial charge < -0.3 is 25.0 Å². The number of nitrogens with one attached hydrogen (secondary N) is 3. The minimum Gasteiger partial charge on any atom is -0.444 e. The smallest absolute Gasteiger partial charge is 0.410 e. The van der Waals surface area contributed by atoms with E-state index in [1.807, 2.05) is 18.2 Å². The first kappa shape index (κ1) is 38.8. The van der Waals surface area contributed by atoms with Gasteiger partial charge in [0.05, 0.1) is 6.54 Å². The summed E-state index contributed by atoms with van der Waals surface area (Å²) in [6.45, 7) is 6.15. The Morgan fingerprint density at radius 2 is 1.75 bits per heavy atom. The van der Waals surface area contributed by atoms with Crippen molar-refractivity contribution in [3.63, 3.8) is 0 Å². The number of ether oxygens (including phenoxy) is 2. The van der Waals surface area contributed by atoms with Crippen molar-refractivity contribution in [2.75, 3.05) is 19.6 Å². The number of halogens is 1. The number of allylic oxidation sites excluding steroid dienone is 1. The molecule has 5 amide bonds. The van der Waals surface area contributed by atoms with E-state index in [1.54, 1.807) is 32.9 Å². The molecule has 17 heteroatoms. The molecule has 0 bridgehead atoms. The van der Waals surface area contributed by atoms with E-state index < -0.39 is 75.4 Å². The maximum absolute atomic E-state index is 14.4. The number of rotatable bonds is 5. The summed E-state index contributed by atoms with van der Waals surface area (Å²) in [4.78, 5) is 71.6. The minimum atomic E-state index is -4.14. The van der Waals surface area contributed by atoms with Gasteiger partial charge in [-0.25, -0.2) is 14.3 Å². The van der Waals surface area contributed by atoms with Crippen LogP contribution >= 0.6 is 11.6 Å². The van der Waals surface area contributed by atoms with Crippen LogP contribution in [-0.2, 0) is 47.2 Å². The zero-order chi connectivity index (χ0) is 38.1. The molecule has 2 saturated heterocycles. The summed E-state index contributed by atoms with van der Waals surface area (Å²) >= 11 is 6.16. The van der Waals surface area contributed by atoms with Crippen LogP contribution < -0.4 is 15.4 Å². The van der Waals surface area contributed by atoms with Gasteiger partial charge in [0, 0.05) is 43.5 Å². The molecule has 0 spiro atoms. The lowest BCUT2D eigenvalue weighted by Gasteiger charge is -2.30. The average Bonchev–Trinajstić information content (AvgIpc) is 3.53. The second-order valence-electron chi connectivity index (χ2n) is 15.6. The first-order valence-electron chi connectivity index (χ1n) is 18.4. The van der Waals surface area contributed by atoms with Crippen LogP contribution in [0.15, 0.2) is 30.4 Å². The fourth-order valence-corrected chi connectivity index (χ4v) is 9.00. The zero-order valence-corrected chi connectivity index (χ0v) is 32.0. The van der Waals surface area contributed by atoms with Crippen molar-refractivity contribution in [3.05, 3.63) is 46.5 Å². The molecule has 1 aliphatic carbocycles. The summed E-state index contributed by atoms with van der Waals surface area (Å²) in [5.41, 5.74) is -0.574. The molecule has 3 N–H and O–H groups in total. The molecule has 5 aliphatic rings. The lowest BCUT2D eigenvalue weighted by molar-refractivity contribution is -0.141. The van der Waals surface area contributed by atoms with Gasteiger partial charge in [0.25, 0.3) is 5.91 Å². The van der Waals surface area contributed by atoms with E-state index in [-0.39, 0.29) is 32.4 Å². The van der Waals surface area contributed by atoms with Crippen molar-refractivity contribution < 1.29 is 41.9 Å². The monoisotopic (exact) mass is 776 g/mol. The molecule has 1 aromatic rings. The number of carbonyl (C=O) groups excluding carboxylic acids is 5. The Morgan fingerprint density at radius 1 is 1.02 bits per heavy atom. The van der Waals surface area contributed by atoms with Crippen molar-refractivity contribution in [2.45, 2.75) is 121 Å². The van der Waals surface area contributed by atoms with Gasteiger partial charge in [0.15, 0.2) is 0 Å². The van der Waals surface area contributed by atoms with Crippen molar-refractivity contribution in [1.29, 1.82) is 0 Å². The average molecular weight is 777 g/mol. The molecule has 53 heavy (non-hydrogen) atoms. The Labute approximate surface area is 315 Å². The zero-order valence-electron chi connectivity index (χ0n) is 30.4. The number of alkyl carbamates (subject to hydrolysis) is 1. The molecule has 1 saturated carbocycles. The van der Waals surface area contributed by atoms with Gasteiger partial charge in [-0.05, 0) is 82.6 Å². The summed E-state index contributed by atoms with van der Waals surface area (Å²) in [6.07, 6.45) is 5.92. The molecule has 290 valence electrons. The topological polar surface area (TPSA) is 184 Å². The van der Waals surface area contributed by atoms with Crippen molar-refractivity contribution in [3.8, 4) is 0 Å². The third-order valence-corrected chi connectivity index (χ3v) is 12.1. The number of hydrogen-bond donors (Lipinski definition) is 3. The Bertz CT molecular complexity index is 1760. The molecular weight excluding hydrogens is 728 g/mol. The minimum absolute atomic E-state index is 0.0840. The van der Waals surface area contributed by atoms with Crippen molar-refractivity contribution in [1.82, 2.24) is 29.5 Å². The number of hydrogen-bond acceptors (Lipinski definition) is 9. The van der Waals surface area contributed by atoms with Gasteiger partial charge in [0.2, 0.25) is 11.8 Å². The highest BCUT2D eigenvalue weighted by atomic mass is 35.5. The maximum Gasteiger partial charge on any atom is 0.410 e. The molecule has 0 aromatic heterocycles. The number of amides is 5. The van der Waals surface area contributed by atoms with Gasteiger partial charge in [-0.2, -0.15) is 12.7 Å². The fraction of sp³-hybridized carbons (Fsp3) is 0.639. The molecule has 6 rings (SSSR count). The normalized spacial score (nSPS) is 28.8. The van der Waals surface area contributed by atoms with E-state index in [4.69, 9.17) is 21.1 Å². The van der Waals surface area contributed by atoms with Crippen LogP contribution in [0, 0.1) is 5.92 Å². The Morgan fingerprint density at radius 3 is 2.49 bits per heavy atom. The van der Waals surface area contributed by atoms with Crippen LogP contribution in [0.2, 0.25) is 5.02 Å². The molecule has 3 fully saturated rings. The lowest BCUT2D eigenvalue weighted by Crippen LogP contribution is -2.59. The van der Waals surface area contributed by atoms with Gasteiger partial charge in [-0.15, -0.1) is 0 Å². The van der Waals surface area contributed by atoms with Crippen LogP contribution in [0.3, 0.4) is 0 Å². The van der Waals surface area contributed by atoms with Crippen LogP contribution in [0.1, 0.15) is 89.7 Å². The summed E-state index contributed by atoms with van der Waals surface area (Å²) in [7, 11) is -4.14. The molecule has 4 aliphatic heterocycles. The number of carbonyl (C=O) groups is 5. The number of benzene rings is 1. The second kappa shape index (κ2) is 15.5. The molecular formula is C36H49ClN6O9S. The van der Waals surface area contributed by atoms with Gasteiger partial charge in [-0.3, -0.25) is 19.3 Å². The van der Waals surface area contributed by atoms with E-state index >= 15 is 0 Å². The number of nitrogens with zero attached hydrogens (tertiary/aromatic N) is 3. The quantitative estimate of drug-likeness (QED) is 0.377. The van der Waals surface area contributed by atoms with Gasteiger partial charge >= 0.3 is 22.4 Å². The van der Waals surface area contributed by atoms with Crippen molar-refractivity contribution in [2.24, 2.45) is 5.92 Å². The third kappa shape index (κ3) is 9.08. The Kier molecular flexibility index (Phi) is 11.3. The highest BCUT2D eigenvalue weighted by Gasteiger charge is 2.62. The molecule has 4 heterocycles. The summed E-state index contributed by atoms with van der Waals surface area (Å²) in [5.74, 6) is -2.59. The van der Waals surface area contributed by atoms with Gasteiger partial charge in [0.1, 0.15) is 29.3 Å². The molecule has 1 aromatic carbocycles. The third-order valence-electron chi connectivity index (χ3n) is 10.4. The van der Waals surface area contributed by atoms with Crippen LogP contribution in [0.5, 0.6) is 0 Å². The van der Waals surface area contributed by atoms with Crippen molar-refractivity contribution >= 4 is 51.7 Å². The standard InChI is InChI=1S/C36H49ClN6O9S/c1-35(2,3)52-33(47)38-28-12-8-6-4-5-7-11-25-19-36(25,32(46)40-53(49,50)42-15-9-10-16-42)39-30(44)29-18-27(22-43(29)31(28)45)51-34(48)41-20-23-13-14-26(37)17-24(23)21-41/h7,11,13-14,17,25,27-29H,4-6,8-10,12,15-16,18-22H2,1-3H3,(H,38,47)(H,39,44)(H,40,46)/b11-7+/t25-,27-,28+,29+,36-/m1/s1. The molecule has 0 radical (unpaired) electrons. The highest BCUT2D eigenvalue weighted by molar-refractivity contribution is 7.87. The van der Waals surface area contributed by atoms with Gasteiger partial charge in [-0.1, -0.05) is 42.7 Å². The first-order valence-corrected chi connectivity index (χ1v) is 20.2. The summed E-state index contributed by atoms with van der Waals surface area (Å²) in [5, 5.41) is 6.06. The largest absolute Gasteiger partial charge is 0.444 e. The highest BCUT2D eigenvalue weighted by Crippen LogP contribution is 2.46. The van der Waals surface area contributed by atoms with E-state index in [0.29, 0.717) is 50.3 Å². The SMILES string of the molecule is CC(C)(C)OC(=O)N[C@H]1CCCCC/C=C/[C@@H]2C[C@@]2(C(=O)NS(=O)(=O)N2CCCC2)NC(=O)[C@@H]2C[C@@H](OC(=O)N3Cc4ccc(Cl)cc4C3)CN2C1=O. The first-order chi connectivity index (χ1) is 25.0. The van der Waals surface area contributed by atoms with Crippen LogP contribution in [0.4, 0.5) is 9.59 Å². The second-order valence-corrected chi connectivity index (χ2v) is 17.7. The predicted octanol–water partition coefficient (Wildman–Crippen LogP) is 3.51. The molecule has 5 atom stereocenters. The molecule has 15 nitrogen and oxygen atoms in total. The summed E-state index contributed by atoms with van der Waals surface area (Å²) < 4.78 is 41.0. The fourth-order valence-electron chi connectivity index (χ4n) is 7.53. The lowest BCUT2D eigenvalue weighted by atomic mass is 10.0. The molecule has 0 unspecified atom stereocenters. The summed E-state index contributed by atoms with van der Waals surface area (Å²) in [6, 6.07) is 3.14. The maximum atomic E-state index is 14.4. The van der Waals surface area contributed by atoms with E-state index in [2.05, 4.69) is 15.4 Å². The van der Waals surface area contributed by atoms with E-state index in [1.165, 1.54) is 14.1 Å². The predicted molar refractivity (Wildman–Crippen MR) is 193 cm³/mol. The number of fused-ring (bicyclic) bond motifs is 3. The van der Waals surface area contributed by atoms with E-state index in [9.17, 15) is 32.4 Å².